The fourth-order valence-electron chi connectivity index (χ4n) is 4.06. The largest absolute Gasteiger partial charge is 0.299 e. The summed E-state index contributed by atoms with van der Waals surface area (Å²) in [6, 6.07) is 8.51. The van der Waals surface area contributed by atoms with E-state index in [1.165, 1.54) is 21.7 Å². The van der Waals surface area contributed by atoms with Crippen LogP contribution in [-0.4, -0.2) is 35.1 Å². The Balaban J connectivity index is 1.54. The van der Waals surface area contributed by atoms with E-state index in [0.717, 1.165) is 19.3 Å². The van der Waals surface area contributed by atoms with E-state index < -0.39 is 10.0 Å². The molecule has 7 heteroatoms. The third-order valence-electron chi connectivity index (χ3n) is 5.53. The van der Waals surface area contributed by atoms with Gasteiger partial charge >= 0.3 is 0 Å². The summed E-state index contributed by atoms with van der Waals surface area (Å²) in [6.07, 6.45) is 6.33. The Bertz CT molecular complexity index is 997. The van der Waals surface area contributed by atoms with Gasteiger partial charge in [0.05, 0.1) is 24.8 Å². The van der Waals surface area contributed by atoms with E-state index in [1.54, 1.807) is 10.9 Å². The van der Waals surface area contributed by atoms with Gasteiger partial charge in [-0.05, 0) is 42.7 Å². The van der Waals surface area contributed by atoms with Gasteiger partial charge in [0.2, 0.25) is 10.0 Å². The van der Waals surface area contributed by atoms with Crippen molar-refractivity contribution in [3.05, 3.63) is 63.3 Å². The summed E-state index contributed by atoms with van der Waals surface area (Å²) in [7, 11) is -3.26. The molecule has 26 heavy (non-hydrogen) atoms. The highest BCUT2D eigenvalue weighted by atomic mass is 32.2. The Morgan fingerprint density at radius 1 is 1.19 bits per heavy atom. The van der Waals surface area contributed by atoms with Crippen molar-refractivity contribution in [2.45, 2.75) is 38.8 Å². The highest BCUT2D eigenvalue weighted by molar-refractivity contribution is 7.88. The Hall–Kier alpha value is -1.99. The number of rotatable bonds is 3. The molecule has 2 aliphatic rings. The minimum atomic E-state index is -3.26. The van der Waals surface area contributed by atoms with Crippen molar-refractivity contribution < 1.29 is 8.42 Å². The van der Waals surface area contributed by atoms with Gasteiger partial charge < -0.3 is 0 Å². The molecule has 1 atom stereocenters. The van der Waals surface area contributed by atoms with Gasteiger partial charge in [0, 0.05) is 18.7 Å². The number of aryl methyl sites for hydroxylation is 1. The molecule has 0 spiro atoms. The Kier molecular flexibility index (Phi) is 4.44. The number of aromatic nitrogens is 2. The molecule has 1 aromatic carbocycles. The summed E-state index contributed by atoms with van der Waals surface area (Å²) < 4.78 is 26.5. The second-order valence-corrected chi connectivity index (χ2v) is 9.33. The molecule has 0 saturated heterocycles. The average Bonchev–Trinajstić information content (AvgIpc) is 2.63. The predicted molar refractivity (Wildman–Crippen MR) is 99.4 cm³/mol. The molecule has 1 aliphatic carbocycles. The molecular weight excluding hydrogens is 350 g/mol. The van der Waals surface area contributed by atoms with E-state index >= 15 is 0 Å². The van der Waals surface area contributed by atoms with Gasteiger partial charge in [0.25, 0.3) is 5.56 Å². The van der Waals surface area contributed by atoms with Gasteiger partial charge in [-0.3, -0.25) is 9.36 Å². The second-order valence-electron chi connectivity index (χ2n) is 7.35. The molecule has 1 aliphatic heterocycles. The van der Waals surface area contributed by atoms with Crippen molar-refractivity contribution in [1.29, 1.82) is 0 Å². The predicted octanol–water partition coefficient (Wildman–Crippen LogP) is 1.37. The first-order chi connectivity index (χ1) is 12.4. The third kappa shape index (κ3) is 3.33. The van der Waals surface area contributed by atoms with Crippen molar-refractivity contribution in [2.24, 2.45) is 5.92 Å². The van der Waals surface area contributed by atoms with Crippen LogP contribution in [0.3, 0.4) is 0 Å². The maximum atomic E-state index is 12.8. The summed E-state index contributed by atoms with van der Waals surface area (Å²) in [5.41, 5.74) is 4.05. The molecule has 0 fully saturated rings. The normalized spacial score (nSPS) is 20.4. The molecular formula is C19H23N3O3S. The summed E-state index contributed by atoms with van der Waals surface area (Å²) in [6.45, 7) is 1.22. The molecule has 0 unspecified atom stereocenters. The zero-order valence-corrected chi connectivity index (χ0v) is 15.7. The van der Waals surface area contributed by atoms with Crippen LogP contribution >= 0.6 is 0 Å². The lowest BCUT2D eigenvalue weighted by atomic mass is 9.84. The summed E-state index contributed by atoms with van der Waals surface area (Å²) in [4.78, 5) is 17.3. The lowest BCUT2D eigenvalue weighted by Crippen LogP contribution is -2.40. The van der Waals surface area contributed by atoms with E-state index in [1.807, 2.05) is 0 Å². The Morgan fingerprint density at radius 2 is 1.96 bits per heavy atom. The van der Waals surface area contributed by atoms with Gasteiger partial charge in [0.1, 0.15) is 0 Å². The number of fused-ring (bicyclic) bond motifs is 2. The van der Waals surface area contributed by atoms with Gasteiger partial charge in [-0.25, -0.2) is 13.4 Å². The number of nitrogens with zero attached hydrogens (tertiary/aromatic N) is 3. The molecule has 6 nitrogen and oxygen atoms in total. The van der Waals surface area contributed by atoms with Crippen LogP contribution in [0.1, 0.15) is 28.8 Å². The first-order valence-corrected chi connectivity index (χ1v) is 10.9. The Labute approximate surface area is 153 Å². The maximum Gasteiger partial charge on any atom is 0.256 e. The summed E-state index contributed by atoms with van der Waals surface area (Å²) in [5.74, 6) is 0.429. The third-order valence-corrected chi connectivity index (χ3v) is 6.78. The van der Waals surface area contributed by atoms with Gasteiger partial charge in [0.15, 0.2) is 0 Å². The first kappa shape index (κ1) is 17.4. The number of hydrogen-bond acceptors (Lipinski definition) is 4. The zero-order chi connectivity index (χ0) is 18.3. The fourth-order valence-corrected chi connectivity index (χ4v) is 4.84. The van der Waals surface area contributed by atoms with Crippen LogP contribution in [0.2, 0.25) is 0 Å². The number of sulfonamides is 1. The van der Waals surface area contributed by atoms with E-state index in [0.29, 0.717) is 36.7 Å². The molecule has 138 valence electrons. The molecule has 4 rings (SSSR count). The van der Waals surface area contributed by atoms with Crippen molar-refractivity contribution in [2.75, 3.05) is 12.8 Å². The van der Waals surface area contributed by atoms with Crippen LogP contribution in [0.25, 0.3) is 0 Å². The summed E-state index contributed by atoms with van der Waals surface area (Å²) >= 11 is 0. The van der Waals surface area contributed by atoms with Gasteiger partial charge in [-0.2, -0.15) is 4.31 Å². The maximum absolute atomic E-state index is 12.8. The standard InChI is InChI=1S/C19H23N3O3S/c1-26(24,25)22-9-8-17-18(12-22)20-13-21(19(17)23)11-14-6-7-15-4-2-3-5-16(15)10-14/h2-5,13-14H,6-12H2,1H3/t14-/m1/s1. The minimum Gasteiger partial charge on any atom is -0.299 e. The second kappa shape index (κ2) is 6.63. The van der Waals surface area contributed by atoms with E-state index in [4.69, 9.17) is 0 Å². The van der Waals surface area contributed by atoms with E-state index in [9.17, 15) is 13.2 Å². The summed E-state index contributed by atoms with van der Waals surface area (Å²) in [5, 5.41) is 0. The molecule has 2 heterocycles. The smallest absolute Gasteiger partial charge is 0.256 e. The topological polar surface area (TPSA) is 72.3 Å². The lowest BCUT2D eigenvalue weighted by molar-refractivity contribution is 0.368. The van der Waals surface area contributed by atoms with Gasteiger partial charge in [-0.1, -0.05) is 24.3 Å². The van der Waals surface area contributed by atoms with E-state index in [-0.39, 0.29) is 12.1 Å². The minimum absolute atomic E-state index is 0.0120. The number of benzene rings is 1. The van der Waals surface area contributed by atoms with Crippen LogP contribution in [0.4, 0.5) is 0 Å². The van der Waals surface area contributed by atoms with E-state index in [2.05, 4.69) is 29.2 Å². The quantitative estimate of drug-likeness (QED) is 0.815. The van der Waals surface area contributed by atoms with Crippen molar-refractivity contribution >= 4 is 10.0 Å². The van der Waals surface area contributed by atoms with Crippen molar-refractivity contribution in [3.8, 4) is 0 Å². The Morgan fingerprint density at radius 3 is 2.73 bits per heavy atom. The molecule has 0 bridgehead atoms. The van der Waals surface area contributed by atoms with Crippen molar-refractivity contribution in [3.63, 3.8) is 0 Å². The average molecular weight is 373 g/mol. The fraction of sp³-hybridized carbons (Fsp3) is 0.474. The monoisotopic (exact) mass is 373 g/mol. The molecule has 1 aromatic heterocycles. The van der Waals surface area contributed by atoms with Gasteiger partial charge in [-0.15, -0.1) is 0 Å². The lowest BCUT2D eigenvalue weighted by Gasteiger charge is -2.27. The van der Waals surface area contributed by atoms with Crippen LogP contribution in [0.15, 0.2) is 35.4 Å². The van der Waals surface area contributed by atoms with Crippen molar-refractivity contribution in [1.82, 2.24) is 13.9 Å². The van der Waals surface area contributed by atoms with Crippen LogP contribution < -0.4 is 5.56 Å². The zero-order valence-electron chi connectivity index (χ0n) is 14.9. The first-order valence-electron chi connectivity index (χ1n) is 9.01. The highest BCUT2D eigenvalue weighted by Crippen LogP contribution is 2.26. The molecule has 0 radical (unpaired) electrons. The van der Waals surface area contributed by atoms with Crippen LogP contribution in [0, 0.1) is 5.92 Å². The SMILES string of the molecule is CS(=O)(=O)N1CCc2c(ncn(C[C@@H]3CCc4ccccc4C3)c2=O)C1. The highest BCUT2D eigenvalue weighted by Gasteiger charge is 2.27. The van der Waals surface area contributed by atoms with Crippen LogP contribution in [0.5, 0.6) is 0 Å². The molecule has 0 amide bonds. The molecule has 2 aromatic rings. The van der Waals surface area contributed by atoms with Crippen LogP contribution in [-0.2, 0) is 42.4 Å². The molecule has 0 N–H and O–H groups in total. The number of hydrogen-bond donors (Lipinski definition) is 0. The molecule has 0 saturated carbocycles.